The van der Waals surface area contributed by atoms with Crippen molar-refractivity contribution in [3.63, 3.8) is 0 Å². The topological polar surface area (TPSA) is 105 Å². The van der Waals surface area contributed by atoms with E-state index < -0.39 is 11.9 Å². The first-order valence-corrected chi connectivity index (χ1v) is 7.95. The number of aryl methyl sites for hydroxylation is 1. The molecule has 0 unspecified atom stereocenters. The van der Waals surface area contributed by atoms with Crippen LogP contribution in [0.1, 0.15) is 45.0 Å². The summed E-state index contributed by atoms with van der Waals surface area (Å²) >= 11 is 0. The number of nitrogens with two attached hydrogens (primary N) is 1. The Morgan fingerprint density at radius 1 is 1.23 bits per heavy atom. The second kappa shape index (κ2) is 10.9. The monoisotopic (exact) mass is 367 g/mol. The third kappa shape index (κ3) is 10.1. The molecule has 1 aromatic rings. The fourth-order valence-electron chi connectivity index (χ4n) is 1.47. The molecule has 0 radical (unpaired) electrons. The van der Waals surface area contributed by atoms with Gasteiger partial charge in [0.25, 0.3) is 6.47 Å². The van der Waals surface area contributed by atoms with Gasteiger partial charge in [-0.15, -0.1) is 0 Å². The number of anilines is 1. The van der Waals surface area contributed by atoms with Gasteiger partial charge in [-0.05, 0) is 52.3 Å². The first-order chi connectivity index (χ1) is 12.0. The van der Waals surface area contributed by atoms with Gasteiger partial charge in [-0.1, -0.05) is 12.6 Å². The Morgan fingerprint density at radius 3 is 2.27 bits per heavy atom. The van der Waals surface area contributed by atoms with Gasteiger partial charge in [0, 0.05) is 12.7 Å². The zero-order valence-electron chi connectivity index (χ0n) is 16.0. The molecule has 1 rings (SSSR count). The molecule has 0 aliphatic heterocycles. The van der Waals surface area contributed by atoms with Crippen LogP contribution in [-0.4, -0.2) is 37.2 Å². The molecule has 0 aliphatic rings. The number of carbonyl (C=O) groups is 3. The van der Waals surface area contributed by atoms with E-state index in [1.165, 1.54) is 0 Å². The maximum Gasteiger partial charge on any atom is 0.338 e. The third-order valence-corrected chi connectivity index (χ3v) is 2.78. The van der Waals surface area contributed by atoms with E-state index in [9.17, 15) is 14.4 Å². The van der Waals surface area contributed by atoms with E-state index in [1.807, 2.05) is 20.8 Å². The summed E-state index contributed by atoms with van der Waals surface area (Å²) < 4.78 is 14.3. The van der Waals surface area contributed by atoms with Crippen molar-refractivity contribution < 1.29 is 30.0 Å². The highest BCUT2D eigenvalue weighted by Gasteiger charge is 2.11. The lowest BCUT2D eigenvalue weighted by Gasteiger charge is -2.14. The van der Waals surface area contributed by atoms with Gasteiger partial charge in [0.05, 0.1) is 5.56 Å². The van der Waals surface area contributed by atoms with Crippen LogP contribution in [0, 0.1) is 6.92 Å². The minimum absolute atomic E-state index is 0. The summed E-state index contributed by atoms with van der Waals surface area (Å²) in [5, 5.41) is 0. The molecule has 0 aromatic heterocycles. The van der Waals surface area contributed by atoms with E-state index in [2.05, 4.69) is 11.3 Å². The van der Waals surface area contributed by atoms with Crippen molar-refractivity contribution in [1.29, 1.82) is 0 Å². The second-order valence-electron chi connectivity index (χ2n) is 6.45. The van der Waals surface area contributed by atoms with Gasteiger partial charge in [0.15, 0.2) is 0 Å². The summed E-state index contributed by atoms with van der Waals surface area (Å²) in [6.07, 6.45) is 0. The zero-order chi connectivity index (χ0) is 20.3. The minimum Gasteiger partial charge on any atom is -0.462 e. The van der Waals surface area contributed by atoms with E-state index in [0.717, 1.165) is 5.56 Å². The second-order valence-corrected chi connectivity index (χ2v) is 6.45. The lowest BCUT2D eigenvalue weighted by molar-refractivity contribution is -0.140. The van der Waals surface area contributed by atoms with Gasteiger partial charge < -0.3 is 19.9 Å². The highest BCUT2D eigenvalue weighted by atomic mass is 16.6. The molecule has 1 aromatic carbocycles. The average Bonchev–Trinajstić information content (AvgIpc) is 2.52. The quantitative estimate of drug-likeness (QED) is 0.206. The van der Waals surface area contributed by atoms with Crippen molar-refractivity contribution in [3.05, 3.63) is 41.5 Å². The fourth-order valence-corrected chi connectivity index (χ4v) is 1.47. The van der Waals surface area contributed by atoms with Crippen LogP contribution in [0.5, 0.6) is 0 Å². The smallest absolute Gasteiger partial charge is 0.338 e. The minimum atomic E-state index is -0.504. The van der Waals surface area contributed by atoms with Crippen LogP contribution >= 0.6 is 0 Å². The van der Waals surface area contributed by atoms with Gasteiger partial charge in [-0.2, -0.15) is 0 Å². The SMILES string of the molecule is C=C(C)C(=O)OCCOC(=O)c1cc(N)ccc1C.CC(C)(C)OC=O.[HH]. The number of benzene rings is 1. The maximum atomic E-state index is 11.8. The van der Waals surface area contributed by atoms with E-state index in [4.69, 9.17) is 15.2 Å². The van der Waals surface area contributed by atoms with Crippen LogP contribution in [0.2, 0.25) is 0 Å². The predicted octanol–water partition coefficient (Wildman–Crippen LogP) is 3.06. The molecule has 0 atom stereocenters. The normalized spacial score (nSPS) is 10.0. The van der Waals surface area contributed by atoms with Crippen LogP contribution < -0.4 is 5.73 Å². The van der Waals surface area contributed by atoms with Gasteiger partial charge in [0.2, 0.25) is 0 Å². The molecule has 7 nitrogen and oxygen atoms in total. The predicted molar refractivity (Wildman–Crippen MR) is 101 cm³/mol. The number of nitrogen functional groups attached to an aromatic ring is 1. The van der Waals surface area contributed by atoms with Crippen LogP contribution in [-0.2, 0) is 23.8 Å². The fraction of sp³-hybridized carbons (Fsp3) is 0.421. The Bertz CT molecular complexity index is 652. The van der Waals surface area contributed by atoms with Crippen LogP contribution in [0.15, 0.2) is 30.4 Å². The van der Waals surface area contributed by atoms with Crippen molar-refractivity contribution in [2.75, 3.05) is 18.9 Å². The Morgan fingerprint density at radius 2 is 1.81 bits per heavy atom. The number of carbonyl (C=O) groups excluding carboxylic acids is 3. The summed E-state index contributed by atoms with van der Waals surface area (Å²) in [5.41, 5.74) is 7.27. The van der Waals surface area contributed by atoms with Gasteiger partial charge in [-0.25, -0.2) is 9.59 Å². The van der Waals surface area contributed by atoms with E-state index >= 15 is 0 Å². The van der Waals surface area contributed by atoms with Gasteiger partial charge in [-0.3, -0.25) is 4.79 Å². The van der Waals surface area contributed by atoms with Crippen molar-refractivity contribution in [2.45, 2.75) is 40.2 Å². The molecule has 2 N–H and O–H groups in total. The molecule has 0 heterocycles. The largest absolute Gasteiger partial charge is 0.462 e. The lowest BCUT2D eigenvalue weighted by Crippen LogP contribution is -2.17. The number of rotatable bonds is 6. The Labute approximate surface area is 155 Å². The lowest BCUT2D eigenvalue weighted by atomic mass is 10.1. The standard InChI is InChI=1S/C14H17NO4.C5H10O2.H2/c1-9(2)13(16)18-6-7-19-14(17)12-8-11(15)5-4-10(12)3;1-5(2,3)7-4-6;/h4-5,8H,1,6-7,15H2,2-3H3;4H,1-3H3;1H. The third-order valence-electron chi connectivity index (χ3n) is 2.78. The maximum absolute atomic E-state index is 11.8. The molecule has 26 heavy (non-hydrogen) atoms. The van der Waals surface area contributed by atoms with Crippen molar-refractivity contribution in [3.8, 4) is 0 Å². The van der Waals surface area contributed by atoms with Crippen molar-refractivity contribution in [1.82, 2.24) is 0 Å². The molecule has 146 valence electrons. The highest BCUT2D eigenvalue weighted by Crippen LogP contribution is 2.13. The number of hydrogen-bond acceptors (Lipinski definition) is 7. The summed E-state index contributed by atoms with van der Waals surface area (Å²) in [6.45, 7) is 12.7. The Balaban J connectivity index is 0. The van der Waals surface area contributed by atoms with Crippen LogP contribution in [0.4, 0.5) is 5.69 Å². The molecular formula is C19H29NO6. The van der Waals surface area contributed by atoms with E-state index in [-0.39, 0.29) is 20.2 Å². The number of ether oxygens (including phenoxy) is 3. The summed E-state index contributed by atoms with van der Waals surface area (Å²) in [5.74, 6) is -0.993. The molecule has 0 bridgehead atoms. The summed E-state index contributed by atoms with van der Waals surface area (Å²) in [6, 6.07) is 5.01. The molecule has 0 saturated carbocycles. The van der Waals surface area contributed by atoms with Crippen LogP contribution in [0.25, 0.3) is 0 Å². The molecular weight excluding hydrogens is 338 g/mol. The first-order valence-electron chi connectivity index (χ1n) is 7.95. The molecule has 0 spiro atoms. The molecule has 0 amide bonds. The molecule has 0 fully saturated rings. The molecule has 0 saturated heterocycles. The molecule has 7 heteroatoms. The molecule has 0 aliphatic carbocycles. The van der Waals surface area contributed by atoms with E-state index in [1.54, 1.807) is 32.0 Å². The van der Waals surface area contributed by atoms with E-state index in [0.29, 0.717) is 23.3 Å². The average molecular weight is 367 g/mol. The van der Waals surface area contributed by atoms with Crippen molar-refractivity contribution in [2.24, 2.45) is 0 Å². The number of esters is 2. The Kier molecular flexibility index (Phi) is 9.73. The summed E-state index contributed by atoms with van der Waals surface area (Å²) in [7, 11) is 0. The van der Waals surface area contributed by atoms with Crippen LogP contribution in [0.3, 0.4) is 0 Å². The first kappa shape index (κ1) is 23.2. The zero-order valence-corrected chi connectivity index (χ0v) is 16.0. The highest BCUT2D eigenvalue weighted by molar-refractivity contribution is 5.92. The Hall–Kier alpha value is -2.83. The number of hydrogen-bond donors (Lipinski definition) is 1. The van der Waals surface area contributed by atoms with Crippen molar-refractivity contribution >= 4 is 24.1 Å². The van der Waals surface area contributed by atoms with Gasteiger partial charge >= 0.3 is 11.9 Å². The summed E-state index contributed by atoms with van der Waals surface area (Å²) in [4.78, 5) is 32.4. The van der Waals surface area contributed by atoms with Gasteiger partial charge in [0.1, 0.15) is 18.8 Å².